The number of benzene rings is 2. The van der Waals surface area contributed by atoms with E-state index in [0.717, 1.165) is 29.7 Å². The van der Waals surface area contributed by atoms with Gasteiger partial charge < -0.3 is 14.2 Å². The standard InChI is InChI=1S/C20H24O3/c1-4-5-16-8-12-19(13-9-16)23-15-20(22-3)18-10-6-17(7-11-18)14-21-2/h6-13,15H,4-5,14H2,1-3H3/b20-15-. The first-order valence-electron chi connectivity index (χ1n) is 7.84. The van der Waals surface area contributed by atoms with Crippen LogP contribution in [-0.4, -0.2) is 14.2 Å². The van der Waals surface area contributed by atoms with Gasteiger partial charge in [-0.2, -0.15) is 0 Å². The van der Waals surface area contributed by atoms with Crippen LogP contribution >= 0.6 is 0 Å². The van der Waals surface area contributed by atoms with Crippen LogP contribution in [0.3, 0.4) is 0 Å². The van der Waals surface area contributed by atoms with Crippen molar-refractivity contribution in [1.29, 1.82) is 0 Å². The molecule has 3 nitrogen and oxygen atoms in total. The maximum atomic E-state index is 5.71. The highest BCUT2D eigenvalue weighted by molar-refractivity contribution is 5.59. The molecule has 23 heavy (non-hydrogen) atoms. The van der Waals surface area contributed by atoms with Crippen molar-refractivity contribution in [2.45, 2.75) is 26.4 Å². The molecule has 122 valence electrons. The molecule has 0 amide bonds. The third kappa shape index (κ3) is 5.15. The number of ether oxygens (including phenoxy) is 3. The Kier molecular flexibility index (Phi) is 6.70. The second-order valence-corrected chi connectivity index (χ2v) is 5.33. The molecule has 3 heteroatoms. The first-order chi connectivity index (χ1) is 11.3. The first-order valence-corrected chi connectivity index (χ1v) is 7.84. The summed E-state index contributed by atoms with van der Waals surface area (Å²) in [6, 6.07) is 16.2. The number of methoxy groups -OCH3 is 2. The Balaban J connectivity index is 2.05. The summed E-state index contributed by atoms with van der Waals surface area (Å²) >= 11 is 0. The molecule has 2 aromatic rings. The summed E-state index contributed by atoms with van der Waals surface area (Å²) in [5.41, 5.74) is 3.42. The van der Waals surface area contributed by atoms with Crippen molar-refractivity contribution in [3.05, 3.63) is 71.5 Å². The number of aryl methyl sites for hydroxylation is 1. The van der Waals surface area contributed by atoms with Crippen LogP contribution in [-0.2, 0) is 22.5 Å². The van der Waals surface area contributed by atoms with Gasteiger partial charge in [0.15, 0.2) is 5.76 Å². The molecular formula is C20H24O3. The van der Waals surface area contributed by atoms with Crippen molar-refractivity contribution in [1.82, 2.24) is 0 Å². The number of rotatable bonds is 8. The summed E-state index contributed by atoms with van der Waals surface area (Å²) in [4.78, 5) is 0. The van der Waals surface area contributed by atoms with Crippen molar-refractivity contribution in [3.8, 4) is 5.75 Å². The summed E-state index contributed by atoms with van der Waals surface area (Å²) in [6.07, 6.45) is 3.88. The van der Waals surface area contributed by atoms with Crippen molar-refractivity contribution in [2.75, 3.05) is 14.2 Å². The fourth-order valence-corrected chi connectivity index (χ4v) is 2.31. The Labute approximate surface area is 138 Å². The van der Waals surface area contributed by atoms with Crippen LogP contribution in [0.5, 0.6) is 5.75 Å². The van der Waals surface area contributed by atoms with Gasteiger partial charge in [0.1, 0.15) is 12.0 Å². The van der Waals surface area contributed by atoms with E-state index in [4.69, 9.17) is 14.2 Å². The molecule has 2 aromatic carbocycles. The Morgan fingerprint density at radius 1 is 0.913 bits per heavy atom. The van der Waals surface area contributed by atoms with Crippen LogP contribution in [0.1, 0.15) is 30.0 Å². The predicted molar refractivity (Wildman–Crippen MR) is 93.2 cm³/mol. The average Bonchev–Trinajstić information content (AvgIpc) is 2.59. The Morgan fingerprint density at radius 2 is 1.57 bits per heavy atom. The topological polar surface area (TPSA) is 27.7 Å². The van der Waals surface area contributed by atoms with Gasteiger partial charge in [-0.05, 0) is 29.7 Å². The van der Waals surface area contributed by atoms with E-state index in [1.165, 1.54) is 5.56 Å². The Bertz CT molecular complexity index is 612. The minimum atomic E-state index is 0.604. The zero-order chi connectivity index (χ0) is 16.5. The molecule has 0 aliphatic heterocycles. The van der Waals surface area contributed by atoms with Crippen molar-refractivity contribution < 1.29 is 14.2 Å². The molecular weight excluding hydrogens is 288 g/mol. The molecule has 0 N–H and O–H groups in total. The van der Waals surface area contributed by atoms with E-state index in [1.54, 1.807) is 20.5 Å². The van der Waals surface area contributed by atoms with Gasteiger partial charge >= 0.3 is 0 Å². The Morgan fingerprint density at radius 3 is 2.13 bits per heavy atom. The van der Waals surface area contributed by atoms with Gasteiger partial charge in [-0.15, -0.1) is 0 Å². The fourth-order valence-electron chi connectivity index (χ4n) is 2.31. The fraction of sp³-hybridized carbons (Fsp3) is 0.300. The van der Waals surface area contributed by atoms with Crippen molar-refractivity contribution in [2.24, 2.45) is 0 Å². The normalized spacial score (nSPS) is 11.3. The van der Waals surface area contributed by atoms with Gasteiger partial charge in [-0.3, -0.25) is 0 Å². The molecule has 0 aromatic heterocycles. The average molecular weight is 312 g/mol. The van der Waals surface area contributed by atoms with E-state index < -0.39 is 0 Å². The van der Waals surface area contributed by atoms with Gasteiger partial charge in [0.25, 0.3) is 0 Å². The van der Waals surface area contributed by atoms with Crippen molar-refractivity contribution in [3.63, 3.8) is 0 Å². The highest BCUT2D eigenvalue weighted by Gasteiger charge is 2.03. The molecule has 0 saturated heterocycles. The molecule has 0 radical (unpaired) electrons. The number of hydrogen-bond donors (Lipinski definition) is 0. The molecule has 0 bridgehead atoms. The second kappa shape index (κ2) is 9.01. The zero-order valence-corrected chi connectivity index (χ0v) is 14.0. The minimum Gasteiger partial charge on any atom is -0.493 e. The molecule has 0 saturated carbocycles. The lowest BCUT2D eigenvalue weighted by atomic mass is 10.1. The summed E-state index contributed by atoms with van der Waals surface area (Å²) in [5, 5.41) is 0. The zero-order valence-electron chi connectivity index (χ0n) is 14.0. The van der Waals surface area contributed by atoms with Crippen LogP contribution in [0, 0.1) is 0 Å². The summed E-state index contributed by atoms with van der Waals surface area (Å²) < 4.78 is 16.3. The van der Waals surface area contributed by atoms with Gasteiger partial charge in [0, 0.05) is 12.7 Å². The van der Waals surface area contributed by atoms with E-state index in [0.29, 0.717) is 12.4 Å². The molecule has 0 fully saturated rings. The molecule has 0 atom stereocenters. The van der Waals surface area contributed by atoms with E-state index in [-0.39, 0.29) is 0 Å². The second-order valence-electron chi connectivity index (χ2n) is 5.33. The van der Waals surface area contributed by atoms with Crippen LogP contribution < -0.4 is 4.74 Å². The van der Waals surface area contributed by atoms with E-state index >= 15 is 0 Å². The highest BCUT2D eigenvalue weighted by Crippen LogP contribution is 2.19. The minimum absolute atomic E-state index is 0.604. The van der Waals surface area contributed by atoms with Gasteiger partial charge in [0.2, 0.25) is 0 Å². The maximum Gasteiger partial charge on any atom is 0.161 e. The molecule has 0 aliphatic carbocycles. The van der Waals surface area contributed by atoms with Crippen LogP contribution in [0.2, 0.25) is 0 Å². The van der Waals surface area contributed by atoms with E-state index in [1.807, 2.05) is 36.4 Å². The van der Waals surface area contributed by atoms with Crippen molar-refractivity contribution >= 4 is 5.76 Å². The van der Waals surface area contributed by atoms with E-state index in [9.17, 15) is 0 Å². The smallest absolute Gasteiger partial charge is 0.161 e. The lowest BCUT2D eigenvalue weighted by Gasteiger charge is -2.08. The predicted octanol–water partition coefficient (Wildman–Crippen LogP) is 4.81. The summed E-state index contributed by atoms with van der Waals surface area (Å²) in [5.74, 6) is 1.49. The molecule has 0 heterocycles. The van der Waals surface area contributed by atoms with Crippen LogP contribution in [0.25, 0.3) is 5.76 Å². The summed E-state index contributed by atoms with van der Waals surface area (Å²) in [7, 11) is 3.33. The largest absolute Gasteiger partial charge is 0.493 e. The molecule has 0 aliphatic rings. The number of hydrogen-bond acceptors (Lipinski definition) is 3. The van der Waals surface area contributed by atoms with E-state index in [2.05, 4.69) is 19.1 Å². The SMILES string of the molecule is CCCc1ccc(O/C=C(\OC)c2ccc(COC)cc2)cc1. The molecule has 2 rings (SSSR count). The van der Waals surface area contributed by atoms with Gasteiger partial charge in [0.05, 0.1) is 13.7 Å². The van der Waals surface area contributed by atoms with Crippen LogP contribution in [0.15, 0.2) is 54.8 Å². The molecule has 0 spiro atoms. The lowest BCUT2D eigenvalue weighted by Crippen LogP contribution is -1.93. The quantitative estimate of drug-likeness (QED) is 0.655. The van der Waals surface area contributed by atoms with Gasteiger partial charge in [-0.1, -0.05) is 49.7 Å². The summed E-state index contributed by atoms with van der Waals surface area (Å²) in [6.45, 7) is 2.78. The first kappa shape index (κ1) is 17.1. The van der Waals surface area contributed by atoms with Crippen LogP contribution in [0.4, 0.5) is 0 Å². The molecule has 0 unspecified atom stereocenters. The highest BCUT2D eigenvalue weighted by atomic mass is 16.5. The monoisotopic (exact) mass is 312 g/mol. The Hall–Kier alpha value is -2.26. The lowest BCUT2D eigenvalue weighted by molar-refractivity contribution is 0.185. The van der Waals surface area contributed by atoms with Gasteiger partial charge in [-0.25, -0.2) is 0 Å². The third-order valence-electron chi connectivity index (χ3n) is 3.53. The maximum absolute atomic E-state index is 5.71. The third-order valence-corrected chi connectivity index (χ3v) is 3.53.